The van der Waals surface area contributed by atoms with Crippen molar-refractivity contribution in [2.24, 2.45) is 0 Å². The van der Waals surface area contributed by atoms with Crippen LogP contribution in [0, 0.1) is 0 Å². The van der Waals surface area contributed by atoms with Gasteiger partial charge in [0.2, 0.25) is 0 Å². The van der Waals surface area contributed by atoms with Crippen molar-refractivity contribution in [3.63, 3.8) is 0 Å². The quantitative estimate of drug-likeness (QED) is 0.768. The van der Waals surface area contributed by atoms with Crippen LogP contribution < -0.4 is 11.2 Å². The van der Waals surface area contributed by atoms with E-state index in [4.69, 9.17) is 5.11 Å². The van der Waals surface area contributed by atoms with Crippen LogP contribution in [0.15, 0.2) is 33.9 Å². The zero-order valence-electron chi connectivity index (χ0n) is 10.5. The first-order valence-corrected chi connectivity index (χ1v) is 7.30. The van der Waals surface area contributed by atoms with Gasteiger partial charge in [-0.25, -0.2) is 4.79 Å². The molecule has 0 radical (unpaired) electrons. The monoisotopic (exact) mass is 280 g/mol. The average molecular weight is 280 g/mol. The fourth-order valence-electron chi connectivity index (χ4n) is 1.83. The lowest BCUT2D eigenvalue weighted by atomic mass is 10.2. The number of nitrogens with one attached hydrogen (secondary N) is 1. The first-order valence-electron chi connectivity index (χ1n) is 6.14. The highest BCUT2D eigenvalue weighted by molar-refractivity contribution is 7.99. The molecule has 2 N–H and O–H groups in total. The molecule has 102 valence electrons. The van der Waals surface area contributed by atoms with Crippen molar-refractivity contribution < 1.29 is 5.11 Å². The first-order chi connectivity index (χ1) is 9.24. The number of rotatable bonds is 6. The zero-order valence-corrected chi connectivity index (χ0v) is 11.3. The van der Waals surface area contributed by atoms with Crippen LogP contribution in [-0.4, -0.2) is 32.8 Å². The molecule has 0 fully saturated rings. The van der Waals surface area contributed by atoms with Crippen LogP contribution in [0.2, 0.25) is 0 Å². The van der Waals surface area contributed by atoms with Crippen molar-refractivity contribution in [3.05, 3.63) is 45.1 Å². The van der Waals surface area contributed by atoms with E-state index in [1.165, 1.54) is 4.57 Å². The molecule has 19 heavy (non-hydrogen) atoms. The van der Waals surface area contributed by atoms with Gasteiger partial charge in [-0.2, -0.15) is 11.8 Å². The number of para-hydroxylation sites is 1. The molecule has 0 spiro atoms. The van der Waals surface area contributed by atoms with E-state index in [1.54, 1.807) is 36.0 Å². The number of hydrogen-bond acceptors (Lipinski definition) is 4. The number of nitrogens with zero attached hydrogens (tertiary/aromatic N) is 1. The van der Waals surface area contributed by atoms with Crippen molar-refractivity contribution in [2.45, 2.75) is 13.0 Å². The Morgan fingerprint density at radius 3 is 2.79 bits per heavy atom. The lowest BCUT2D eigenvalue weighted by molar-refractivity contribution is 0.296. The van der Waals surface area contributed by atoms with Gasteiger partial charge in [0, 0.05) is 18.9 Å². The number of benzene rings is 1. The topological polar surface area (TPSA) is 75.1 Å². The van der Waals surface area contributed by atoms with E-state index < -0.39 is 0 Å². The van der Waals surface area contributed by atoms with Crippen LogP contribution in [0.5, 0.6) is 0 Å². The molecule has 0 bridgehead atoms. The third kappa shape index (κ3) is 3.27. The third-order valence-corrected chi connectivity index (χ3v) is 3.84. The molecule has 0 amide bonds. The van der Waals surface area contributed by atoms with Crippen molar-refractivity contribution >= 4 is 22.7 Å². The van der Waals surface area contributed by atoms with E-state index in [0.29, 0.717) is 23.2 Å². The third-order valence-electron chi connectivity index (χ3n) is 2.80. The van der Waals surface area contributed by atoms with Crippen LogP contribution in [0.1, 0.15) is 6.42 Å². The van der Waals surface area contributed by atoms with Crippen molar-refractivity contribution in [1.82, 2.24) is 9.55 Å². The summed E-state index contributed by atoms with van der Waals surface area (Å²) >= 11 is 1.62. The summed E-state index contributed by atoms with van der Waals surface area (Å²) in [6.45, 7) is 0.554. The molecule has 0 unspecified atom stereocenters. The Hall–Kier alpha value is -1.53. The molecule has 1 heterocycles. The van der Waals surface area contributed by atoms with E-state index in [2.05, 4.69) is 4.98 Å². The first kappa shape index (κ1) is 13.9. The van der Waals surface area contributed by atoms with E-state index in [0.717, 1.165) is 12.2 Å². The molecule has 0 saturated heterocycles. The Labute approximate surface area is 114 Å². The summed E-state index contributed by atoms with van der Waals surface area (Å²) in [5.41, 5.74) is -0.0461. The zero-order chi connectivity index (χ0) is 13.7. The second kappa shape index (κ2) is 6.58. The maximum Gasteiger partial charge on any atom is 0.328 e. The normalized spacial score (nSPS) is 11.0. The molecule has 0 aliphatic carbocycles. The largest absolute Gasteiger partial charge is 0.396 e. The maximum atomic E-state index is 12.2. The van der Waals surface area contributed by atoms with E-state index in [-0.39, 0.29) is 17.9 Å². The van der Waals surface area contributed by atoms with Gasteiger partial charge < -0.3 is 10.1 Å². The lowest BCUT2D eigenvalue weighted by Crippen LogP contribution is -2.35. The Kier molecular flexibility index (Phi) is 4.81. The van der Waals surface area contributed by atoms with Crippen molar-refractivity contribution in [1.29, 1.82) is 0 Å². The predicted molar refractivity (Wildman–Crippen MR) is 77.9 cm³/mol. The van der Waals surface area contributed by atoms with Crippen molar-refractivity contribution in [2.75, 3.05) is 18.1 Å². The average Bonchev–Trinajstić information content (AvgIpc) is 2.42. The summed E-state index contributed by atoms with van der Waals surface area (Å²) in [5.74, 6) is 1.51. The molecule has 0 aliphatic heterocycles. The number of fused-ring (bicyclic) bond motifs is 1. The summed E-state index contributed by atoms with van der Waals surface area (Å²) in [6.07, 6.45) is 0.730. The van der Waals surface area contributed by atoms with Gasteiger partial charge in [0.15, 0.2) is 0 Å². The summed E-state index contributed by atoms with van der Waals surface area (Å²) in [6, 6.07) is 7.00. The van der Waals surface area contributed by atoms with Gasteiger partial charge in [-0.1, -0.05) is 12.1 Å². The minimum absolute atomic E-state index is 0.170. The van der Waals surface area contributed by atoms with Crippen LogP contribution in [0.4, 0.5) is 0 Å². The molecule has 1 aromatic heterocycles. The number of aliphatic hydroxyl groups is 1. The lowest BCUT2D eigenvalue weighted by Gasteiger charge is -2.06. The Morgan fingerprint density at radius 2 is 2.00 bits per heavy atom. The van der Waals surface area contributed by atoms with Gasteiger partial charge in [-0.3, -0.25) is 9.36 Å². The highest BCUT2D eigenvalue weighted by Gasteiger charge is 2.06. The molecule has 2 rings (SSSR count). The van der Waals surface area contributed by atoms with Gasteiger partial charge in [0.25, 0.3) is 5.56 Å². The van der Waals surface area contributed by atoms with Crippen LogP contribution in [0.3, 0.4) is 0 Å². The minimum Gasteiger partial charge on any atom is -0.396 e. The fourth-order valence-corrected chi connectivity index (χ4v) is 2.68. The highest BCUT2D eigenvalue weighted by atomic mass is 32.2. The summed E-state index contributed by atoms with van der Waals surface area (Å²) in [5, 5.41) is 9.20. The molecular weight excluding hydrogens is 264 g/mol. The molecule has 2 aromatic rings. The molecule has 1 aromatic carbocycles. The fraction of sp³-hybridized carbons (Fsp3) is 0.385. The number of hydrogen-bond donors (Lipinski definition) is 2. The van der Waals surface area contributed by atoms with Crippen molar-refractivity contribution in [3.8, 4) is 0 Å². The smallest absolute Gasteiger partial charge is 0.328 e. The Morgan fingerprint density at radius 1 is 1.21 bits per heavy atom. The van der Waals surface area contributed by atoms with Gasteiger partial charge in [-0.05, 0) is 24.3 Å². The van der Waals surface area contributed by atoms with E-state index in [9.17, 15) is 9.59 Å². The highest BCUT2D eigenvalue weighted by Crippen LogP contribution is 2.04. The van der Waals surface area contributed by atoms with Gasteiger partial charge >= 0.3 is 5.69 Å². The predicted octanol–water partition coefficient (Wildman–Crippen LogP) is 0.805. The molecule has 6 heteroatoms. The second-order valence-electron chi connectivity index (χ2n) is 4.12. The molecule has 0 atom stereocenters. The Balaban J connectivity index is 2.19. The number of aromatic amines is 1. The van der Waals surface area contributed by atoms with Crippen LogP contribution in [-0.2, 0) is 6.54 Å². The SMILES string of the molecule is O=c1[nH]c2ccccc2c(=O)n1CCSCCCO. The number of thioether (sulfide) groups is 1. The number of H-pyrrole nitrogens is 1. The van der Waals surface area contributed by atoms with Gasteiger partial charge in [0.05, 0.1) is 10.9 Å². The summed E-state index contributed by atoms with van der Waals surface area (Å²) < 4.78 is 1.23. The molecule has 0 saturated carbocycles. The second-order valence-corrected chi connectivity index (χ2v) is 5.35. The minimum atomic E-state index is -0.369. The molecular formula is C13H16N2O3S. The van der Waals surface area contributed by atoms with E-state index >= 15 is 0 Å². The van der Waals surface area contributed by atoms with Gasteiger partial charge in [-0.15, -0.1) is 0 Å². The molecule has 0 aliphatic rings. The maximum absolute atomic E-state index is 12.2. The standard InChI is InChI=1S/C13H16N2O3S/c16-7-3-8-19-9-6-15-12(17)10-4-1-2-5-11(10)14-13(15)18/h1-2,4-5,16H,3,6-9H2,(H,14,18). The molecule has 5 nitrogen and oxygen atoms in total. The summed E-state index contributed by atoms with van der Waals surface area (Å²) in [4.78, 5) is 26.7. The number of aliphatic hydroxyl groups excluding tert-OH is 1. The summed E-state index contributed by atoms with van der Waals surface area (Å²) in [7, 11) is 0. The van der Waals surface area contributed by atoms with E-state index in [1.807, 2.05) is 0 Å². The van der Waals surface area contributed by atoms with Gasteiger partial charge in [0.1, 0.15) is 0 Å². The Bertz CT molecular complexity index is 663. The number of aromatic nitrogens is 2. The van der Waals surface area contributed by atoms with Crippen LogP contribution in [0.25, 0.3) is 10.9 Å². The van der Waals surface area contributed by atoms with Crippen LogP contribution >= 0.6 is 11.8 Å².